The van der Waals surface area contributed by atoms with Crippen LogP contribution in [0.5, 0.6) is 0 Å². The van der Waals surface area contributed by atoms with Gasteiger partial charge in [-0.3, -0.25) is 10.1 Å². The first-order chi connectivity index (χ1) is 9.05. The first-order valence-electron chi connectivity index (χ1n) is 6.62. The maximum absolute atomic E-state index is 12.1. The van der Waals surface area contributed by atoms with Crippen molar-refractivity contribution in [3.05, 3.63) is 17.5 Å². The van der Waals surface area contributed by atoms with Gasteiger partial charge in [-0.25, -0.2) is 0 Å². The minimum absolute atomic E-state index is 0.115. The van der Waals surface area contributed by atoms with Gasteiger partial charge in [-0.15, -0.1) is 23.1 Å². The van der Waals surface area contributed by atoms with Crippen LogP contribution in [0.3, 0.4) is 0 Å². The molecule has 0 amide bonds. The summed E-state index contributed by atoms with van der Waals surface area (Å²) in [4.78, 5) is 12.1. The zero-order valence-electron chi connectivity index (χ0n) is 11.6. The third-order valence-electron chi connectivity index (χ3n) is 3.39. The van der Waals surface area contributed by atoms with Gasteiger partial charge in [0.15, 0.2) is 0 Å². The lowest BCUT2D eigenvalue weighted by Gasteiger charge is -2.30. The van der Waals surface area contributed by atoms with Crippen molar-refractivity contribution in [3.63, 3.8) is 0 Å². The normalized spacial score (nSPS) is 26.8. The van der Waals surface area contributed by atoms with Crippen LogP contribution in [0.25, 0.3) is 0 Å². The minimum atomic E-state index is -0.488. The Hall–Kier alpha value is -0.520. The van der Waals surface area contributed by atoms with E-state index in [0.29, 0.717) is 5.25 Å². The summed E-state index contributed by atoms with van der Waals surface area (Å²) in [5.41, 5.74) is -0.488. The van der Waals surface area contributed by atoms with Crippen molar-refractivity contribution in [1.82, 2.24) is 5.32 Å². The largest absolute Gasteiger partial charge is 0.468 e. The Morgan fingerprint density at radius 3 is 3.00 bits per heavy atom. The number of carbonyl (C=O) groups is 1. The summed E-state index contributed by atoms with van der Waals surface area (Å²) >= 11 is 3.65. The Kier molecular flexibility index (Phi) is 4.92. The van der Waals surface area contributed by atoms with Crippen LogP contribution >= 0.6 is 23.1 Å². The Morgan fingerprint density at radius 2 is 2.42 bits per heavy atom. The van der Waals surface area contributed by atoms with Gasteiger partial charge in [-0.05, 0) is 44.6 Å². The molecule has 1 aliphatic carbocycles. The van der Waals surface area contributed by atoms with E-state index in [4.69, 9.17) is 4.74 Å². The summed E-state index contributed by atoms with van der Waals surface area (Å²) in [7, 11) is 1.48. The predicted molar refractivity (Wildman–Crippen MR) is 80.8 cm³/mol. The average molecular weight is 299 g/mol. The SMILES string of the molecule is COC(=O)C1(NC(C)C)CCC(Sc2cccs2)C1. The molecule has 1 fully saturated rings. The zero-order chi connectivity index (χ0) is 13.9. The lowest BCUT2D eigenvalue weighted by molar-refractivity contribution is -0.148. The van der Waals surface area contributed by atoms with Crippen molar-refractivity contribution in [2.75, 3.05) is 7.11 Å². The number of methoxy groups -OCH3 is 1. The Balaban J connectivity index is 2.04. The van der Waals surface area contributed by atoms with Crippen LogP contribution in [0.2, 0.25) is 0 Å². The molecule has 0 bridgehead atoms. The second kappa shape index (κ2) is 6.29. The molecule has 3 nitrogen and oxygen atoms in total. The van der Waals surface area contributed by atoms with Crippen LogP contribution in [-0.4, -0.2) is 29.9 Å². The van der Waals surface area contributed by atoms with Gasteiger partial charge in [0.1, 0.15) is 5.54 Å². The molecule has 0 aliphatic heterocycles. The highest BCUT2D eigenvalue weighted by molar-refractivity contribution is 8.01. The second-order valence-corrected chi connectivity index (χ2v) is 7.84. The van der Waals surface area contributed by atoms with E-state index in [-0.39, 0.29) is 12.0 Å². The fourth-order valence-electron chi connectivity index (χ4n) is 2.72. The molecule has 1 aromatic heterocycles. The van der Waals surface area contributed by atoms with Gasteiger partial charge in [-0.1, -0.05) is 6.07 Å². The van der Waals surface area contributed by atoms with E-state index in [0.717, 1.165) is 19.3 Å². The number of rotatable bonds is 5. The first kappa shape index (κ1) is 14.9. The standard InChI is InChI=1S/C14H21NO2S2/c1-10(2)15-14(13(16)17-3)7-6-11(9-14)19-12-5-4-8-18-12/h4-5,8,10-11,15H,6-7,9H2,1-3H3. The van der Waals surface area contributed by atoms with Gasteiger partial charge in [-0.2, -0.15) is 0 Å². The number of thioether (sulfide) groups is 1. The van der Waals surface area contributed by atoms with E-state index >= 15 is 0 Å². The van der Waals surface area contributed by atoms with Gasteiger partial charge in [0, 0.05) is 11.3 Å². The van der Waals surface area contributed by atoms with Gasteiger partial charge in [0.25, 0.3) is 0 Å². The molecule has 5 heteroatoms. The van der Waals surface area contributed by atoms with Crippen molar-refractivity contribution in [1.29, 1.82) is 0 Å². The summed E-state index contributed by atoms with van der Waals surface area (Å²) in [5.74, 6) is -0.115. The highest BCUT2D eigenvalue weighted by atomic mass is 32.2. The molecule has 1 aliphatic rings. The van der Waals surface area contributed by atoms with Crippen molar-refractivity contribution >= 4 is 29.1 Å². The Labute approximate surface area is 123 Å². The Bertz CT molecular complexity index is 419. The minimum Gasteiger partial charge on any atom is -0.468 e. The quantitative estimate of drug-likeness (QED) is 0.847. The third-order valence-corrected chi connectivity index (χ3v) is 5.73. The van der Waals surface area contributed by atoms with Crippen molar-refractivity contribution in [2.45, 2.75) is 54.1 Å². The maximum atomic E-state index is 12.1. The number of ether oxygens (including phenoxy) is 1. The molecule has 106 valence electrons. The molecule has 1 heterocycles. The topological polar surface area (TPSA) is 38.3 Å². The van der Waals surface area contributed by atoms with E-state index in [9.17, 15) is 4.79 Å². The van der Waals surface area contributed by atoms with Crippen LogP contribution < -0.4 is 5.32 Å². The summed E-state index contributed by atoms with van der Waals surface area (Å²) in [6.45, 7) is 4.15. The predicted octanol–water partition coefficient (Wildman–Crippen LogP) is 3.30. The second-order valence-electron chi connectivity index (χ2n) is 5.29. The average Bonchev–Trinajstić information content (AvgIpc) is 2.99. The molecule has 1 aromatic rings. The number of carbonyl (C=O) groups excluding carboxylic acids is 1. The fourth-order valence-corrected chi connectivity index (χ4v) is 5.05. The van der Waals surface area contributed by atoms with Gasteiger partial charge in [0.05, 0.1) is 11.3 Å². The van der Waals surface area contributed by atoms with Gasteiger partial charge < -0.3 is 4.74 Å². The molecular weight excluding hydrogens is 278 g/mol. The molecule has 2 atom stereocenters. The van der Waals surface area contributed by atoms with E-state index in [2.05, 4.69) is 36.7 Å². The smallest absolute Gasteiger partial charge is 0.326 e. The van der Waals surface area contributed by atoms with Crippen LogP contribution in [0.4, 0.5) is 0 Å². The molecule has 1 saturated carbocycles. The van der Waals surface area contributed by atoms with Crippen LogP contribution in [-0.2, 0) is 9.53 Å². The van der Waals surface area contributed by atoms with Crippen molar-refractivity contribution in [3.8, 4) is 0 Å². The maximum Gasteiger partial charge on any atom is 0.326 e. The first-order valence-corrected chi connectivity index (χ1v) is 8.38. The van der Waals surface area contributed by atoms with Crippen LogP contribution in [0, 0.1) is 0 Å². The van der Waals surface area contributed by atoms with Crippen LogP contribution in [0.15, 0.2) is 21.7 Å². The van der Waals surface area contributed by atoms with E-state index in [1.165, 1.54) is 11.3 Å². The molecule has 2 rings (SSSR count). The number of esters is 1. The van der Waals surface area contributed by atoms with E-state index in [1.54, 1.807) is 11.3 Å². The van der Waals surface area contributed by atoms with Gasteiger partial charge in [0.2, 0.25) is 0 Å². The molecule has 0 aromatic carbocycles. The lowest BCUT2D eigenvalue weighted by Crippen LogP contribution is -2.53. The number of hydrogen-bond donors (Lipinski definition) is 1. The van der Waals surface area contributed by atoms with Crippen LogP contribution in [0.1, 0.15) is 33.1 Å². The van der Waals surface area contributed by atoms with E-state index < -0.39 is 5.54 Å². The molecule has 19 heavy (non-hydrogen) atoms. The molecule has 1 N–H and O–H groups in total. The van der Waals surface area contributed by atoms with Gasteiger partial charge >= 0.3 is 5.97 Å². The van der Waals surface area contributed by atoms with E-state index in [1.807, 2.05) is 11.8 Å². The van der Waals surface area contributed by atoms with Crippen molar-refractivity contribution in [2.24, 2.45) is 0 Å². The summed E-state index contributed by atoms with van der Waals surface area (Å²) in [6, 6.07) is 4.50. The molecule has 0 radical (unpaired) electrons. The number of thiophene rings is 1. The monoisotopic (exact) mass is 299 g/mol. The molecular formula is C14H21NO2S2. The summed E-state index contributed by atoms with van der Waals surface area (Å²) < 4.78 is 6.34. The molecule has 2 unspecified atom stereocenters. The fraction of sp³-hybridized carbons (Fsp3) is 0.643. The lowest BCUT2D eigenvalue weighted by atomic mass is 9.97. The number of nitrogens with one attached hydrogen (secondary N) is 1. The highest BCUT2D eigenvalue weighted by Gasteiger charge is 2.46. The number of hydrogen-bond acceptors (Lipinski definition) is 5. The Morgan fingerprint density at radius 1 is 1.63 bits per heavy atom. The summed E-state index contributed by atoms with van der Waals surface area (Å²) in [5, 5.41) is 6.02. The highest BCUT2D eigenvalue weighted by Crippen LogP contribution is 2.42. The third kappa shape index (κ3) is 3.52. The zero-order valence-corrected chi connectivity index (χ0v) is 13.3. The molecule has 0 saturated heterocycles. The molecule has 0 spiro atoms. The summed E-state index contributed by atoms with van der Waals surface area (Å²) in [6.07, 6.45) is 2.76. The van der Waals surface area contributed by atoms with Crippen molar-refractivity contribution < 1.29 is 9.53 Å².